The molecular weight excluding hydrogens is 116 g/mol. The monoisotopic (exact) mass is 120 g/mol. The summed E-state index contributed by atoms with van der Waals surface area (Å²) in [5, 5.41) is 2.48. The molecule has 0 aromatic heterocycles. The molecule has 0 radical (unpaired) electrons. The summed E-state index contributed by atoms with van der Waals surface area (Å²) in [4.78, 5) is 0. The molecule has 0 heterocycles. The molecule has 0 aromatic carbocycles. The maximum Gasteiger partial charge on any atom is 0.0672 e. The van der Waals surface area contributed by atoms with Crippen LogP contribution in [0.4, 0.5) is 0 Å². The van der Waals surface area contributed by atoms with E-state index >= 15 is 0 Å². The highest BCUT2D eigenvalue weighted by atomic mass is 32.1. The van der Waals surface area contributed by atoms with Crippen LogP contribution in [0.2, 0.25) is 0 Å². The highest BCUT2D eigenvalue weighted by Gasteiger charge is 1.83. The molecule has 0 fully saturated rings. The van der Waals surface area contributed by atoms with Crippen molar-refractivity contribution in [3.8, 4) is 11.2 Å². The van der Waals surface area contributed by atoms with Gasteiger partial charge in [-0.05, 0) is 23.3 Å². The van der Waals surface area contributed by atoms with Crippen molar-refractivity contribution in [2.75, 3.05) is 0 Å². The Hall–Kier alpha value is -0.830. The van der Waals surface area contributed by atoms with Crippen LogP contribution in [-0.4, -0.2) is 0 Å². The van der Waals surface area contributed by atoms with E-state index in [4.69, 9.17) is 0 Å². The number of hydrogen-bond donors (Lipinski definition) is 1. The van der Waals surface area contributed by atoms with Crippen molar-refractivity contribution in [3.05, 3.63) is 29.5 Å². The van der Waals surface area contributed by atoms with E-state index in [1.54, 1.807) is 0 Å². The van der Waals surface area contributed by atoms with Gasteiger partial charge in [0.2, 0.25) is 0 Å². The second-order valence-corrected chi connectivity index (χ2v) is 1.54. The summed E-state index contributed by atoms with van der Waals surface area (Å²) in [6, 6.07) is 0. The molecule has 0 amide bonds. The Bertz CT molecular complexity index is 229. The highest BCUT2D eigenvalue weighted by molar-refractivity contribution is 7.85. The van der Waals surface area contributed by atoms with Gasteiger partial charge in [-0.15, -0.1) is 5.73 Å². The van der Waals surface area contributed by atoms with Crippen molar-refractivity contribution in [3.63, 3.8) is 0 Å². The fraction of sp³-hybridized carbons (Fsp3) is 0. The third-order valence-corrected chi connectivity index (χ3v) is 0.900. The van der Waals surface area contributed by atoms with Crippen molar-refractivity contribution < 1.29 is 0 Å². The highest BCUT2D eigenvalue weighted by Crippen LogP contribution is 1.98. The topological polar surface area (TPSA) is 0 Å². The van der Waals surface area contributed by atoms with E-state index in [2.05, 4.69) is 29.5 Å². The van der Waals surface area contributed by atoms with E-state index in [1.807, 2.05) is 18.2 Å². The Kier molecular flexibility index (Phi) is 1.64. The van der Waals surface area contributed by atoms with Crippen LogP contribution in [-0.2, 0) is 0 Å². The van der Waals surface area contributed by atoms with E-state index in [-0.39, 0.29) is 0 Å². The van der Waals surface area contributed by atoms with Gasteiger partial charge in [0, 0.05) is 0 Å². The predicted octanol–water partition coefficient (Wildman–Crippen LogP) is 1.53. The van der Waals surface area contributed by atoms with Gasteiger partial charge in [0.15, 0.2) is 0 Å². The second kappa shape index (κ2) is 2.47. The molecule has 1 heteroatoms. The molecule has 0 bridgehead atoms. The van der Waals surface area contributed by atoms with Gasteiger partial charge in [-0.3, -0.25) is 0 Å². The molecule has 8 heavy (non-hydrogen) atoms. The van der Waals surface area contributed by atoms with Crippen LogP contribution in [0, 0.1) is 11.2 Å². The maximum absolute atomic E-state index is 3.73. The molecule has 1 aliphatic carbocycles. The predicted molar refractivity (Wildman–Crippen MR) is 37.5 cm³/mol. The van der Waals surface area contributed by atoms with Crippen LogP contribution in [0.5, 0.6) is 0 Å². The lowest BCUT2D eigenvalue weighted by molar-refractivity contribution is 1.89. The number of rotatable bonds is 0. The van der Waals surface area contributed by atoms with Crippen LogP contribution in [0.15, 0.2) is 29.5 Å². The Balaban J connectivity index is 2.85. The van der Waals surface area contributed by atoms with E-state index in [0.717, 1.165) is 5.57 Å². The molecule has 0 aliphatic heterocycles. The van der Waals surface area contributed by atoms with E-state index in [9.17, 15) is 0 Å². The number of allylic oxidation sites excluding steroid dienone is 3. The lowest BCUT2D eigenvalue weighted by Gasteiger charge is -1.71. The SMILES string of the molecule is SC#CC1=C=CC=C1. The van der Waals surface area contributed by atoms with E-state index in [0.29, 0.717) is 0 Å². The van der Waals surface area contributed by atoms with Crippen LogP contribution in [0.25, 0.3) is 0 Å². The van der Waals surface area contributed by atoms with Gasteiger partial charge >= 0.3 is 0 Å². The van der Waals surface area contributed by atoms with Gasteiger partial charge in [-0.1, -0.05) is 18.7 Å². The molecule has 0 spiro atoms. The van der Waals surface area contributed by atoms with Gasteiger partial charge < -0.3 is 0 Å². The maximum atomic E-state index is 3.73. The minimum absolute atomic E-state index is 0.903. The first kappa shape index (κ1) is 5.31. The van der Waals surface area contributed by atoms with Gasteiger partial charge in [-0.25, -0.2) is 0 Å². The lowest BCUT2D eigenvalue weighted by Crippen LogP contribution is -1.59. The first-order valence-corrected chi connectivity index (χ1v) is 2.66. The normalized spacial score (nSPS) is 12.9. The zero-order valence-corrected chi connectivity index (χ0v) is 5.07. The minimum atomic E-state index is 0.903. The molecule has 0 N–H and O–H groups in total. The quantitative estimate of drug-likeness (QED) is 0.280. The summed E-state index contributed by atoms with van der Waals surface area (Å²) >= 11 is 3.73. The summed E-state index contributed by atoms with van der Waals surface area (Å²) in [6.07, 6.45) is 5.62. The van der Waals surface area contributed by atoms with Crippen molar-refractivity contribution in [1.82, 2.24) is 0 Å². The molecule has 0 unspecified atom stereocenters. The zero-order chi connectivity index (χ0) is 5.82. The molecule has 0 saturated heterocycles. The van der Waals surface area contributed by atoms with Crippen molar-refractivity contribution in [2.45, 2.75) is 0 Å². The first-order chi connectivity index (χ1) is 3.93. The van der Waals surface area contributed by atoms with Crippen molar-refractivity contribution >= 4 is 12.6 Å². The summed E-state index contributed by atoms with van der Waals surface area (Å²) in [5.74, 6) is 2.75. The smallest absolute Gasteiger partial charge is 0.0672 e. The average Bonchev–Trinajstić information content (AvgIpc) is 2.19. The molecule has 0 atom stereocenters. The summed E-state index contributed by atoms with van der Waals surface area (Å²) in [6.45, 7) is 0. The number of thiol groups is 1. The average molecular weight is 120 g/mol. The Morgan fingerprint density at radius 2 is 2.50 bits per heavy atom. The second-order valence-electron chi connectivity index (χ2n) is 1.32. The third kappa shape index (κ3) is 1.07. The Morgan fingerprint density at radius 1 is 1.62 bits per heavy atom. The summed E-state index contributed by atoms with van der Waals surface area (Å²) in [7, 11) is 0. The van der Waals surface area contributed by atoms with Crippen LogP contribution >= 0.6 is 12.6 Å². The summed E-state index contributed by atoms with van der Waals surface area (Å²) in [5.41, 5.74) is 3.82. The lowest BCUT2D eigenvalue weighted by atomic mass is 10.3. The Labute approximate surface area is 54.0 Å². The third-order valence-electron chi connectivity index (χ3n) is 0.789. The molecular formula is C7H4S. The van der Waals surface area contributed by atoms with Crippen LogP contribution in [0.3, 0.4) is 0 Å². The fourth-order valence-corrected chi connectivity index (χ4v) is 0.589. The molecule has 0 nitrogen and oxygen atoms in total. The standard InChI is InChI=1S/C7H4S/c8-6-5-7-3-1-2-4-7/h1-3,8H. The van der Waals surface area contributed by atoms with Crippen molar-refractivity contribution in [1.29, 1.82) is 0 Å². The molecule has 0 saturated carbocycles. The van der Waals surface area contributed by atoms with Gasteiger partial charge in [0.1, 0.15) is 0 Å². The zero-order valence-electron chi connectivity index (χ0n) is 4.18. The molecule has 38 valence electrons. The van der Waals surface area contributed by atoms with E-state index in [1.165, 1.54) is 0 Å². The molecule has 1 rings (SSSR count). The summed E-state index contributed by atoms with van der Waals surface area (Å²) < 4.78 is 0. The molecule has 1 aliphatic rings. The van der Waals surface area contributed by atoms with Crippen LogP contribution < -0.4 is 0 Å². The fourth-order valence-electron chi connectivity index (χ4n) is 0.468. The van der Waals surface area contributed by atoms with Gasteiger partial charge in [-0.2, -0.15) is 0 Å². The Morgan fingerprint density at radius 3 is 3.00 bits per heavy atom. The van der Waals surface area contributed by atoms with Crippen LogP contribution in [0.1, 0.15) is 0 Å². The van der Waals surface area contributed by atoms with Gasteiger partial charge in [0.25, 0.3) is 0 Å². The van der Waals surface area contributed by atoms with Crippen molar-refractivity contribution in [2.24, 2.45) is 0 Å². The first-order valence-electron chi connectivity index (χ1n) is 2.22. The number of hydrogen-bond acceptors (Lipinski definition) is 1. The largest absolute Gasteiger partial charge is 0.104 e. The van der Waals surface area contributed by atoms with E-state index < -0.39 is 0 Å². The minimum Gasteiger partial charge on any atom is -0.104 e. The van der Waals surface area contributed by atoms with Gasteiger partial charge in [0.05, 0.1) is 5.57 Å². The molecule has 0 aromatic rings.